The van der Waals surface area contributed by atoms with Crippen molar-refractivity contribution in [3.63, 3.8) is 0 Å². The van der Waals surface area contributed by atoms with Crippen molar-refractivity contribution in [1.29, 1.82) is 0 Å². The van der Waals surface area contributed by atoms with Gasteiger partial charge >= 0.3 is 5.97 Å². The number of hydrogen-bond donors (Lipinski definition) is 2. The van der Waals surface area contributed by atoms with Crippen molar-refractivity contribution in [2.45, 2.75) is 20.0 Å². The van der Waals surface area contributed by atoms with Gasteiger partial charge in [-0.05, 0) is 62.5 Å². The number of carbonyl (C=O) groups excluding carboxylic acids is 2. The van der Waals surface area contributed by atoms with Gasteiger partial charge in [0.05, 0.1) is 12.2 Å². The Balaban J connectivity index is 1.85. The van der Waals surface area contributed by atoms with E-state index < -0.39 is 6.10 Å². The molecule has 0 radical (unpaired) electrons. The van der Waals surface area contributed by atoms with Gasteiger partial charge in [0.2, 0.25) is 0 Å². The summed E-state index contributed by atoms with van der Waals surface area (Å²) in [5.74, 6) is -0.153. The topological polar surface area (TPSA) is 76.7 Å². The van der Waals surface area contributed by atoms with E-state index in [0.29, 0.717) is 23.6 Å². The van der Waals surface area contributed by atoms with Gasteiger partial charge in [0, 0.05) is 5.69 Å². The molecule has 2 aromatic carbocycles. The number of amides is 1. The zero-order valence-corrected chi connectivity index (χ0v) is 15.3. The van der Waals surface area contributed by atoms with Crippen LogP contribution in [0.1, 0.15) is 24.2 Å². The minimum atomic E-state index is -0.705. The molecule has 0 saturated heterocycles. The Bertz CT molecular complexity index is 763. The number of thiocarbonyl (C=S) groups is 1. The number of carbonyl (C=O) groups is 2. The minimum Gasteiger partial charge on any atom is -0.481 e. The average molecular weight is 372 g/mol. The molecule has 0 spiro atoms. The number of benzene rings is 2. The molecule has 0 aliphatic heterocycles. The summed E-state index contributed by atoms with van der Waals surface area (Å²) in [4.78, 5) is 23.7. The molecule has 6 nitrogen and oxygen atoms in total. The first-order valence-electron chi connectivity index (χ1n) is 8.10. The second kappa shape index (κ2) is 9.53. The Morgan fingerprint density at radius 2 is 1.73 bits per heavy atom. The molecule has 1 amide bonds. The number of para-hydroxylation sites is 1. The predicted octanol–water partition coefficient (Wildman–Crippen LogP) is 3.14. The zero-order valence-electron chi connectivity index (χ0n) is 14.5. The molecule has 2 rings (SSSR count). The van der Waals surface area contributed by atoms with Gasteiger partial charge in [0.25, 0.3) is 5.91 Å². The molecule has 0 aliphatic rings. The number of rotatable bonds is 6. The molecular weight excluding hydrogens is 352 g/mol. The van der Waals surface area contributed by atoms with E-state index in [1.54, 1.807) is 50.2 Å². The van der Waals surface area contributed by atoms with E-state index in [9.17, 15) is 9.59 Å². The third-order valence-corrected chi connectivity index (χ3v) is 3.52. The van der Waals surface area contributed by atoms with Crippen molar-refractivity contribution in [2.24, 2.45) is 0 Å². The lowest BCUT2D eigenvalue weighted by atomic mass is 10.2. The lowest BCUT2D eigenvalue weighted by molar-refractivity contribution is -0.125. The maximum atomic E-state index is 12.1. The molecule has 1 atom stereocenters. The Labute approximate surface area is 157 Å². The van der Waals surface area contributed by atoms with Crippen LogP contribution in [0.5, 0.6) is 5.75 Å². The second-order valence-corrected chi connectivity index (χ2v) is 5.72. The Morgan fingerprint density at radius 3 is 2.35 bits per heavy atom. The molecule has 2 aromatic rings. The predicted molar refractivity (Wildman–Crippen MR) is 103 cm³/mol. The lowest BCUT2D eigenvalue weighted by Crippen LogP contribution is -2.42. The highest BCUT2D eigenvalue weighted by molar-refractivity contribution is 7.80. The van der Waals surface area contributed by atoms with E-state index in [4.69, 9.17) is 21.7 Å². The smallest absolute Gasteiger partial charge is 0.338 e. The zero-order chi connectivity index (χ0) is 18.9. The van der Waals surface area contributed by atoms with E-state index in [1.807, 2.05) is 18.2 Å². The van der Waals surface area contributed by atoms with Crippen LogP contribution in [0.15, 0.2) is 54.6 Å². The van der Waals surface area contributed by atoms with Gasteiger partial charge in [0.15, 0.2) is 11.2 Å². The first-order chi connectivity index (χ1) is 12.5. The van der Waals surface area contributed by atoms with Gasteiger partial charge in [-0.15, -0.1) is 0 Å². The van der Waals surface area contributed by atoms with Gasteiger partial charge in [-0.3, -0.25) is 10.1 Å². The molecule has 7 heteroatoms. The maximum absolute atomic E-state index is 12.1. The molecule has 136 valence electrons. The Kier molecular flexibility index (Phi) is 7.11. The quantitative estimate of drug-likeness (QED) is 0.599. The van der Waals surface area contributed by atoms with E-state index in [-0.39, 0.29) is 17.0 Å². The first-order valence-corrected chi connectivity index (χ1v) is 8.51. The van der Waals surface area contributed by atoms with Gasteiger partial charge in [-0.25, -0.2) is 4.79 Å². The van der Waals surface area contributed by atoms with Crippen LogP contribution >= 0.6 is 12.2 Å². The summed E-state index contributed by atoms with van der Waals surface area (Å²) in [6, 6.07) is 15.6. The van der Waals surface area contributed by atoms with Crippen molar-refractivity contribution in [3.8, 4) is 5.75 Å². The summed E-state index contributed by atoms with van der Waals surface area (Å²) in [6.45, 7) is 3.70. The second-order valence-electron chi connectivity index (χ2n) is 5.31. The summed E-state index contributed by atoms with van der Waals surface area (Å²) in [5, 5.41) is 5.59. The lowest BCUT2D eigenvalue weighted by Gasteiger charge is -2.15. The normalized spacial score (nSPS) is 11.2. The third-order valence-electron chi connectivity index (χ3n) is 3.32. The van der Waals surface area contributed by atoms with Crippen LogP contribution in [0, 0.1) is 0 Å². The number of nitrogens with one attached hydrogen (secondary N) is 2. The Morgan fingerprint density at radius 1 is 1.08 bits per heavy atom. The van der Waals surface area contributed by atoms with Gasteiger partial charge in [-0.1, -0.05) is 18.2 Å². The van der Waals surface area contributed by atoms with Crippen LogP contribution in [0.2, 0.25) is 0 Å². The van der Waals surface area contributed by atoms with Crippen LogP contribution in [0.4, 0.5) is 5.69 Å². The van der Waals surface area contributed by atoms with Crippen LogP contribution < -0.4 is 15.4 Å². The summed E-state index contributed by atoms with van der Waals surface area (Å²) < 4.78 is 10.5. The summed E-state index contributed by atoms with van der Waals surface area (Å²) in [5.41, 5.74) is 1.08. The van der Waals surface area contributed by atoms with Gasteiger partial charge in [0.1, 0.15) is 5.75 Å². The van der Waals surface area contributed by atoms with Crippen molar-refractivity contribution in [2.75, 3.05) is 11.9 Å². The number of ether oxygens (including phenoxy) is 2. The third kappa shape index (κ3) is 5.86. The SMILES string of the molecule is CCOC(=O)c1ccc(NC(=S)NC(=O)C(C)Oc2ccccc2)cc1. The molecule has 0 bridgehead atoms. The van der Waals surface area contributed by atoms with E-state index in [2.05, 4.69) is 10.6 Å². The van der Waals surface area contributed by atoms with Crippen molar-refractivity contribution in [3.05, 3.63) is 60.2 Å². The minimum absolute atomic E-state index is 0.141. The number of anilines is 1. The summed E-state index contributed by atoms with van der Waals surface area (Å²) >= 11 is 5.13. The molecule has 0 saturated carbocycles. The average Bonchev–Trinajstić information content (AvgIpc) is 2.63. The molecule has 0 fully saturated rings. The molecule has 2 N–H and O–H groups in total. The highest BCUT2D eigenvalue weighted by atomic mass is 32.1. The van der Waals surface area contributed by atoms with Crippen molar-refractivity contribution in [1.82, 2.24) is 5.32 Å². The van der Waals surface area contributed by atoms with Crippen LogP contribution in [0.3, 0.4) is 0 Å². The van der Waals surface area contributed by atoms with E-state index in [1.165, 1.54) is 0 Å². The molecular formula is C19H20N2O4S. The van der Waals surface area contributed by atoms with Crippen LogP contribution in [0.25, 0.3) is 0 Å². The fourth-order valence-electron chi connectivity index (χ4n) is 2.04. The van der Waals surface area contributed by atoms with Crippen LogP contribution in [-0.4, -0.2) is 29.7 Å². The molecule has 0 heterocycles. The number of esters is 1. The first kappa shape index (κ1) is 19.4. The molecule has 0 aliphatic carbocycles. The van der Waals surface area contributed by atoms with Gasteiger partial charge in [-0.2, -0.15) is 0 Å². The monoisotopic (exact) mass is 372 g/mol. The van der Waals surface area contributed by atoms with Crippen molar-refractivity contribution >= 4 is 34.9 Å². The summed E-state index contributed by atoms with van der Waals surface area (Å²) in [7, 11) is 0. The standard InChI is InChI=1S/C19H20N2O4S/c1-3-24-18(23)14-9-11-15(12-10-14)20-19(26)21-17(22)13(2)25-16-7-5-4-6-8-16/h4-13H,3H2,1-2H3,(H2,20,21,22,26). The maximum Gasteiger partial charge on any atom is 0.338 e. The molecule has 26 heavy (non-hydrogen) atoms. The Hall–Kier alpha value is -2.93. The highest BCUT2D eigenvalue weighted by Gasteiger charge is 2.16. The largest absolute Gasteiger partial charge is 0.481 e. The van der Waals surface area contributed by atoms with E-state index in [0.717, 1.165) is 0 Å². The van der Waals surface area contributed by atoms with Crippen LogP contribution in [-0.2, 0) is 9.53 Å². The summed E-state index contributed by atoms with van der Waals surface area (Å²) in [6.07, 6.45) is -0.705. The fraction of sp³-hybridized carbons (Fsp3) is 0.211. The highest BCUT2D eigenvalue weighted by Crippen LogP contribution is 2.12. The van der Waals surface area contributed by atoms with Crippen molar-refractivity contribution < 1.29 is 19.1 Å². The molecule has 0 aromatic heterocycles. The number of hydrogen-bond acceptors (Lipinski definition) is 5. The fourth-order valence-corrected chi connectivity index (χ4v) is 2.26. The van der Waals surface area contributed by atoms with E-state index >= 15 is 0 Å². The van der Waals surface area contributed by atoms with Gasteiger partial charge < -0.3 is 14.8 Å². The molecule has 1 unspecified atom stereocenters.